The van der Waals surface area contributed by atoms with Crippen molar-refractivity contribution >= 4 is 39.1 Å². The number of carbonyl (C=O) groups is 1. The lowest BCUT2D eigenvalue weighted by Crippen LogP contribution is -2.32. The second-order valence-corrected chi connectivity index (χ2v) is 9.77. The van der Waals surface area contributed by atoms with E-state index in [1.54, 1.807) is 18.2 Å². The fraction of sp³-hybridized carbons (Fsp3) is 0.421. The highest BCUT2D eigenvalue weighted by Crippen LogP contribution is 2.34. The molecule has 1 aromatic heterocycles. The Labute approximate surface area is 183 Å². The lowest BCUT2D eigenvalue weighted by Gasteiger charge is -2.15. The number of nitrogens with zero attached hydrogens (tertiary/aromatic N) is 2. The Morgan fingerprint density at radius 1 is 1.22 bits per heavy atom. The van der Waals surface area contributed by atoms with E-state index < -0.39 is 32.8 Å². The molecule has 0 saturated heterocycles. The Bertz CT molecular complexity index is 1110. The molecular weight excluding hydrogens is 449 g/mol. The van der Waals surface area contributed by atoms with Crippen molar-refractivity contribution in [2.24, 2.45) is 0 Å². The summed E-state index contributed by atoms with van der Waals surface area (Å²) in [5, 5.41) is 7.54. The van der Waals surface area contributed by atoms with Gasteiger partial charge in [0, 0.05) is 30.7 Å². The summed E-state index contributed by atoms with van der Waals surface area (Å²) in [5.41, 5.74) is 0.932. The average Bonchev–Trinajstić information content (AvgIpc) is 3.06. The third-order valence-corrected chi connectivity index (χ3v) is 6.50. The number of aromatic nitrogens is 2. The standard InChI is InChI=1S/C19H23F3N6O3S/c1-11(2)32(30,31)25-7-3-6-23-17-14(19(20,21)22)10-24-18(28-17)26-13-4-5-15-12(8-13)9-16(29)27-15/h4-5,8,10-11,25H,3,6-7,9H2,1-2H3,(H,27,29)(H2,23,24,26,28). The van der Waals surface area contributed by atoms with Gasteiger partial charge in [-0.25, -0.2) is 18.1 Å². The Kier molecular flexibility index (Phi) is 6.88. The van der Waals surface area contributed by atoms with Crippen LogP contribution in [0.3, 0.4) is 0 Å². The van der Waals surface area contributed by atoms with E-state index in [0.717, 1.165) is 5.56 Å². The highest BCUT2D eigenvalue weighted by molar-refractivity contribution is 7.90. The van der Waals surface area contributed by atoms with Crippen molar-refractivity contribution in [3.05, 3.63) is 35.5 Å². The first-order valence-electron chi connectivity index (χ1n) is 9.82. The number of alkyl halides is 3. The summed E-state index contributed by atoms with van der Waals surface area (Å²) in [7, 11) is -3.44. The van der Waals surface area contributed by atoms with Gasteiger partial charge in [0.1, 0.15) is 11.4 Å². The van der Waals surface area contributed by atoms with E-state index in [2.05, 4.69) is 30.6 Å². The molecule has 1 aromatic carbocycles. The number of carbonyl (C=O) groups excluding carboxylic acids is 1. The van der Waals surface area contributed by atoms with Crippen molar-refractivity contribution < 1.29 is 26.4 Å². The van der Waals surface area contributed by atoms with Crippen LogP contribution in [-0.4, -0.2) is 42.6 Å². The summed E-state index contributed by atoms with van der Waals surface area (Å²) < 4.78 is 65.9. The van der Waals surface area contributed by atoms with Crippen LogP contribution in [0.25, 0.3) is 0 Å². The average molecular weight is 472 g/mol. The molecule has 9 nitrogen and oxygen atoms in total. The molecule has 174 valence electrons. The molecule has 0 bridgehead atoms. The molecule has 0 aliphatic carbocycles. The van der Waals surface area contributed by atoms with E-state index >= 15 is 0 Å². The zero-order valence-corrected chi connectivity index (χ0v) is 18.2. The van der Waals surface area contributed by atoms with E-state index in [-0.39, 0.29) is 37.8 Å². The van der Waals surface area contributed by atoms with E-state index in [0.29, 0.717) is 17.6 Å². The summed E-state index contributed by atoms with van der Waals surface area (Å²) in [6.45, 7) is 3.20. The first kappa shape index (κ1) is 23.7. The molecule has 4 N–H and O–H groups in total. The van der Waals surface area contributed by atoms with Gasteiger partial charge in [-0.05, 0) is 44.0 Å². The minimum Gasteiger partial charge on any atom is -0.369 e. The largest absolute Gasteiger partial charge is 0.421 e. The number of amides is 1. The molecule has 2 heterocycles. The molecule has 32 heavy (non-hydrogen) atoms. The number of rotatable bonds is 9. The van der Waals surface area contributed by atoms with Crippen LogP contribution < -0.4 is 20.7 Å². The predicted molar refractivity (Wildman–Crippen MR) is 114 cm³/mol. The predicted octanol–water partition coefficient (Wildman–Crippen LogP) is 2.86. The SMILES string of the molecule is CC(C)S(=O)(=O)NCCCNc1nc(Nc2ccc3c(c2)CC(=O)N3)ncc1C(F)(F)F. The van der Waals surface area contributed by atoms with E-state index in [1.807, 2.05) is 0 Å². The number of fused-ring (bicyclic) bond motifs is 1. The molecular formula is C19H23F3N6O3S. The van der Waals surface area contributed by atoms with Gasteiger partial charge in [0.25, 0.3) is 0 Å². The Morgan fingerprint density at radius 2 is 1.97 bits per heavy atom. The minimum absolute atomic E-state index is 0.0572. The van der Waals surface area contributed by atoms with Gasteiger partial charge in [-0.3, -0.25) is 4.79 Å². The Hall–Kier alpha value is -2.93. The molecule has 0 fully saturated rings. The summed E-state index contributed by atoms with van der Waals surface area (Å²) >= 11 is 0. The number of halogens is 3. The van der Waals surface area contributed by atoms with Gasteiger partial charge in [0.15, 0.2) is 0 Å². The summed E-state index contributed by atoms with van der Waals surface area (Å²) in [6.07, 6.45) is -3.52. The minimum atomic E-state index is -4.67. The molecule has 1 aliphatic rings. The molecule has 0 saturated carbocycles. The summed E-state index contributed by atoms with van der Waals surface area (Å²) in [5.74, 6) is -0.608. The van der Waals surface area contributed by atoms with E-state index in [4.69, 9.17) is 0 Å². The molecule has 0 spiro atoms. The van der Waals surface area contributed by atoms with Crippen LogP contribution in [0, 0.1) is 0 Å². The number of nitrogens with one attached hydrogen (secondary N) is 4. The fourth-order valence-electron chi connectivity index (χ4n) is 2.90. The van der Waals surface area contributed by atoms with Crippen molar-refractivity contribution in [3.8, 4) is 0 Å². The maximum absolute atomic E-state index is 13.3. The second kappa shape index (κ2) is 9.28. The number of hydrogen-bond donors (Lipinski definition) is 4. The van der Waals surface area contributed by atoms with Gasteiger partial charge in [0.05, 0.1) is 11.7 Å². The molecule has 0 atom stereocenters. The highest BCUT2D eigenvalue weighted by atomic mass is 32.2. The monoisotopic (exact) mass is 472 g/mol. The zero-order chi connectivity index (χ0) is 23.5. The molecule has 2 aromatic rings. The van der Waals surface area contributed by atoms with Crippen LogP contribution in [0.1, 0.15) is 31.4 Å². The number of sulfonamides is 1. The first-order valence-corrected chi connectivity index (χ1v) is 11.4. The van der Waals surface area contributed by atoms with Gasteiger partial charge in [-0.2, -0.15) is 18.2 Å². The summed E-state index contributed by atoms with van der Waals surface area (Å²) in [6, 6.07) is 5.03. The van der Waals surface area contributed by atoms with Crippen LogP contribution in [0.5, 0.6) is 0 Å². The van der Waals surface area contributed by atoms with Crippen molar-refractivity contribution in [1.82, 2.24) is 14.7 Å². The van der Waals surface area contributed by atoms with Crippen LogP contribution in [0.15, 0.2) is 24.4 Å². The Morgan fingerprint density at radius 3 is 2.66 bits per heavy atom. The molecule has 0 radical (unpaired) electrons. The van der Waals surface area contributed by atoms with Gasteiger partial charge < -0.3 is 16.0 Å². The van der Waals surface area contributed by atoms with Gasteiger partial charge >= 0.3 is 6.18 Å². The molecule has 1 amide bonds. The highest BCUT2D eigenvalue weighted by Gasteiger charge is 2.35. The third-order valence-electron chi connectivity index (χ3n) is 4.65. The maximum Gasteiger partial charge on any atom is 0.421 e. The van der Waals surface area contributed by atoms with Crippen molar-refractivity contribution in [3.63, 3.8) is 0 Å². The number of hydrogen-bond acceptors (Lipinski definition) is 7. The van der Waals surface area contributed by atoms with E-state index in [9.17, 15) is 26.4 Å². The lowest BCUT2D eigenvalue weighted by atomic mass is 10.1. The number of benzene rings is 1. The van der Waals surface area contributed by atoms with Crippen molar-refractivity contribution in [2.75, 3.05) is 29.0 Å². The zero-order valence-electron chi connectivity index (χ0n) is 17.4. The van der Waals surface area contributed by atoms with Gasteiger partial charge in [-0.1, -0.05) is 0 Å². The van der Waals surface area contributed by atoms with Crippen LogP contribution in [0.2, 0.25) is 0 Å². The van der Waals surface area contributed by atoms with Crippen LogP contribution in [-0.2, 0) is 27.4 Å². The molecule has 3 rings (SSSR count). The molecule has 0 unspecified atom stereocenters. The second-order valence-electron chi connectivity index (χ2n) is 7.44. The first-order chi connectivity index (χ1) is 15.0. The smallest absolute Gasteiger partial charge is 0.369 e. The van der Waals surface area contributed by atoms with Crippen molar-refractivity contribution in [1.29, 1.82) is 0 Å². The van der Waals surface area contributed by atoms with Gasteiger partial charge in [-0.15, -0.1) is 0 Å². The van der Waals surface area contributed by atoms with Crippen LogP contribution >= 0.6 is 0 Å². The summed E-state index contributed by atoms with van der Waals surface area (Å²) in [4.78, 5) is 19.2. The Balaban J connectivity index is 1.69. The fourth-order valence-corrected chi connectivity index (χ4v) is 3.66. The molecule has 13 heteroatoms. The van der Waals surface area contributed by atoms with E-state index in [1.165, 1.54) is 13.8 Å². The topological polar surface area (TPSA) is 125 Å². The molecule has 1 aliphatic heterocycles. The van der Waals surface area contributed by atoms with Crippen LogP contribution in [0.4, 0.5) is 36.3 Å². The third kappa shape index (κ3) is 5.85. The normalized spacial score (nSPS) is 13.8. The lowest BCUT2D eigenvalue weighted by molar-refractivity contribution is -0.137. The maximum atomic E-state index is 13.3. The van der Waals surface area contributed by atoms with Gasteiger partial charge in [0.2, 0.25) is 21.9 Å². The quantitative estimate of drug-likeness (QED) is 0.414. The number of anilines is 4. The van der Waals surface area contributed by atoms with Crippen molar-refractivity contribution in [2.45, 2.75) is 38.1 Å².